The molecular weight excluding hydrogens is 300 g/mol. The summed E-state index contributed by atoms with van der Waals surface area (Å²) in [5, 5.41) is 2.97. The molecule has 1 aliphatic rings. The summed E-state index contributed by atoms with van der Waals surface area (Å²) in [5.74, 6) is 0.788. The third-order valence-corrected chi connectivity index (χ3v) is 4.68. The molecule has 1 saturated heterocycles. The summed E-state index contributed by atoms with van der Waals surface area (Å²) in [7, 11) is 1.64. The summed E-state index contributed by atoms with van der Waals surface area (Å²) in [6, 6.07) is 8.39. The van der Waals surface area contributed by atoms with Gasteiger partial charge in [0.2, 0.25) is 5.91 Å². The van der Waals surface area contributed by atoms with Crippen molar-refractivity contribution in [2.45, 2.75) is 45.1 Å². The highest BCUT2D eigenvalue weighted by Crippen LogP contribution is 2.19. The molecule has 0 saturated carbocycles. The largest absolute Gasteiger partial charge is 0.497 e. The number of carbonyl (C=O) groups excluding carboxylic acids is 1. The van der Waals surface area contributed by atoms with Crippen LogP contribution in [0.4, 0.5) is 0 Å². The van der Waals surface area contributed by atoms with E-state index in [2.05, 4.69) is 17.1 Å². The molecule has 4 nitrogen and oxygen atoms in total. The maximum atomic E-state index is 11.9. The molecule has 0 radical (unpaired) electrons. The molecule has 1 atom stereocenters. The van der Waals surface area contributed by atoms with Crippen molar-refractivity contribution in [2.75, 3.05) is 26.7 Å². The third kappa shape index (κ3) is 6.00. The topological polar surface area (TPSA) is 41.6 Å². The minimum absolute atomic E-state index is 0.0310. The van der Waals surface area contributed by atoms with Crippen molar-refractivity contribution < 1.29 is 9.53 Å². The van der Waals surface area contributed by atoms with Crippen LogP contribution in [0.2, 0.25) is 0 Å². The van der Waals surface area contributed by atoms with Gasteiger partial charge in [-0.2, -0.15) is 0 Å². The highest BCUT2D eigenvalue weighted by Gasteiger charge is 2.19. The van der Waals surface area contributed by atoms with Crippen molar-refractivity contribution in [1.29, 1.82) is 0 Å². The Labute approximate surface area is 145 Å². The fourth-order valence-electron chi connectivity index (χ4n) is 3.26. The van der Waals surface area contributed by atoms with E-state index in [4.69, 9.17) is 4.74 Å². The molecule has 2 rings (SSSR count). The summed E-state index contributed by atoms with van der Waals surface area (Å²) in [6.45, 7) is 5.30. The zero-order valence-corrected chi connectivity index (χ0v) is 15.0. The first kappa shape index (κ1) is 18.5. The van der Waals surface area contributed by atoms with Crippen molar-refractivity contribution in [3.05, 3.63) is 35.9 Å². The van der Waals surface area contributed by atoms with Crippen molar-refractivity contribution >= 4 is 12.0 Å². The number of carbonyl (C=O) groups is 1. The van der Waals surface area contributed by atoms with E-state index >= 15 is 0 Å². The second-order valence-corrected chi connectivity index (χ2v) is 6.34. The molecule has 24 heavy (non-hydrogen) atoms. The summed E-state index contributed by atoms with van der Waals surface area (Å²) in [4.78, 5) is 14.5. The predicted molar refractivity (Wildman–Crippen MR) is 99.2 cm³/mol. The molecule has 0 spiro atoms. The fraction of sp³-hybridized carbons (Fsp3) is 0.550. The number of amides is 1. The van der Waals surface area contributed by atoms with Gasteiger partial charge in [-0.05, 0) is 56.0 Å². The lowest BCUT2D eigenvalue weighted by Crippen LogP contribution is -2.40. The van der Waals surface area contributed by atoms with Gasteiger partial charge >= 0.3 is 0 Å². The quantitative estimate of drug-likeness (QED) is 0.586. The van der Waals surface area contributed by atoms with Gasteiger partial charge in [0.05, 0.1) is 7.11 Å². The highest BCUT2D eigenvalue weighted by molar-refractivity contribution is 5.91. The van der Waals surface area contributed by atoms with Crippen LogP contribution in [0.5, 0.6) is 5.75 Å². The van der Waals surface area contributed by atoms with Crippen LogP contribution in [0, 0.1) is 0 Å². The lowest BCUT2D eigenvalue weighted by atomic mass is 10.00. The van der Waals surface area contributed by atoms with Crippen LogP contribution in [0.25, 0.3) is 6.08 Å². The second kappa shape index (κ2) is 10.1. The number of piperidine rings is 1. The summed E-state index contributed by atoms with van der Waals surface area (Å²) in [6.07, 6.45) is 9.67. The van der Waals surface area contributed by atoms with Crippen molar-refractivity contribution in [2.24, 2.45) is 0 Å². The van der Waals surface area contributed by atoms with Crippen molar-refractivity contribution in [3.8, 4) is 5.75 Å². The Bertz CT molecular complexity index is 525. The zero-order chi connectivity index (χ0) is 17.2. The van der Waals surface area contributed by atoms with Crippen LogP contribution in [0.1, 0.15) is 44.6 Å². The highest BCUT2D eigenvalue weighted by atomic mass is 16.5. The average molecular weight is 330 g/mol. The molecule has 1 amide bonds. The van der Waals surface area contributed by atoms with Gasteiger partial charge in [0.15, 0.2) is 0 Å². The molecule has 4 heteroatoms. The standard InChI is InChI=1S/C20H30N2O2/c1-3-18-7-4-5-15-22(18)16-6-14-21-20(23)13-10-17-8-11-19(24-2)12-9-17/h8-13,18H,3-7,14-16H2,1-2H3,(H,21,23)/b13-10+/t18-/m1/s1. The number of likely N-dealkylation sites (tertiary alicyclic amines) is 1. The van der Waals surface area contributed by atoms with Gasteiger partial charge in [-0.15, -0.1) is 0 Å². The Morgan fingerprint density at radius 3 is 2.83 bits per heavy atom. The van der Waals surface area contributed by atoms with Gasteiger partial charge in [0, 0.05) is 25.2 Å². The molecule has 1 aromatic rings. The van der Waals surface area contributed by atoms with E-state index in [0.29, 0.717) is 0 Å². The van der Waals surface area contributed by atoms with E-state index in [0.717, 1.165) is 36.9 Å². The molecule has 1 aliphatic heterocycles. The monoisotopic (exact) mass is 330 g/mol. The molecule has 1 aromatic carbocycles. The van der Waals surface area contributed by atoms with Crippen LogP contribution >= 0.6 is 0 Å². The first-order valence-corrected chi connectivity index (χ1v) is 9.07. The zero-order valence-electron chi connectivity index (χ0n) is 15.0. The molecule has 0 aliphatic carbocycles. The number of nitrogens with one attached hydrogen (secondary N) is 1. The van der Waals surface area contributed by atoms with Crippen LogP contribution in [0.15, 0.2) is 30.3 Å². The lowest BCUT2D eigenvalue weighted by Gasteiger charge is -2.35. The summed E-state index contributed by atoms with van der Waals surface area (Å²) >= 11 is 0. The Hall–Kier alpha value is -1.81. The van der Waals surface area contributed by atoms with Gasteiger partial charge in [-0.3, -0.25) is 4.79 Å². The number of rotatable bonds is 8. The molecule has 0 unspecified atom stereocenters. The van der Waals surface area contributed by atoms with E-state index in [-0.39, 0.29) is 5.91 Å². The number of nitrogens with zero attached hydrogens (tertiary/aromatic N) is 1. The van der Waals surface area contributed by atoms with Crippen LogP contribution in [0.3, 0.4) is 0 Å². The molecule has 0 bridgehead atoms. The van der Waals surface area contributed by atoms with Crippen LogP contribution < -0.4 is 10.1 Å². The van der Waals surface area contributed by atoms with Gasteiger partial charge < -0.3 is 15.0 Å². The molecule has 0 aromatic heterocycles. The van der Waals surface area contributed by atoms with E-state index in [1.165, 1.54) is 32.2 Å². The first-order valence-electron chi connectivity index (χ1n) is 9.07. The summed E-state index contributed by atoms with van der Waals surface area (Å²) < 4.78 is 5.12. The molecular formula is C20H30N2O2. The minimum Gasteiger partial charge on any atom is -0.497 e. The maximum absolute atomic E-state index is 11.9. The number of hydrogen-bond acceptors (Lipinski definition) is 3. The van der Waals surface area contributed by atoms with E-state index in [9.17, 15) is 4.79 Å². The number of ether oxygens (including phenoxy) is 1. The Morgan fingerprint density at radius 1 is 1.33 bits per heavy atom. The lowest BCUT2D eigenvalue weighted by molar-refractivity contribution is -0.116. The average Bonchev–Trinajstić information content (AvgIpc) is 2.64. The fourth-order valence-corrected chi connectivity index (χ4v) is 3.26. The SMILES string of the molecule is CC[C@@H]1CCCCN1CCCNC(=O)/C=C/c1ccc(OC)cc1. The Balaban J connectivity index is 1.66. The van der Waals surface area contributed by atoms with Crippen LogP contribution in [-0.2, 0) is 4.79 Å². The number of hydrogen-bond donors (Lipinski definition) is 1. The van der Waals surface area contributed by atoms with Crippen molar-refractivity contribution in [3.63, 3.8) is 0 Å². The van der Waals surface area contributed by atoms with Crippen molar-refractivity contribution in [1.82, 2.24) is 10.2 Å². The molecule has 1 fully saturated rings. The van der Waals surface area contributed by atoms with E-state index in [1.54, 1.807) is 13.2 Å². The van der Waals surface area contributed by atoms with Gasteiger partial charge in [0.25, 0.3) is 0 Å². The number of methoxy groups -OCH3 is 1. The van der Waals surface area contributed by atoms with E-state index in [1.807, 2.05) is 30.3 Å². The third-order valence-electron chi connectivity index (χ3n) is 4.68. The van der Waals surface area contributed by atoms with E-state index < -0.39 is 0 Å². The normalized spacial score (nSPS) is 18.7. The minimum atomic E-state index is -0.0310. The molecule has 132 valence electrons. The molecule has 1 heterocycles. The first-order chi connectivity index (χ1) is 11.7. The van der Waals surface area contributed by atoms with Gasteiger partial charge in [0.1, 0.15) is 5.75 Å². The smallest absolute Gasteiger partial charge is 0.243 e. The van der Waals surface area contributed by atoms with Gasteiger partial charge in [-0.25, -0.2) is 0 Å². The van der Waals surface area contributed by atoms with Gasteiger partial charge in [-0.1, -0.05) is 25.5 Å². The Morgan fingerprint density at radius 2 is 2.12 bits per heavy atom. The maximum Gasteiger partial charge on any atom is 0.243 e. The summed E-state index contributed by atoms with van der Waals surface area (Å²) in [5.41, 5.74) is 0.991. The van der Waals surface area contributed by atoms with Crippen LogP contribution in [-0.4, -0.2) is 43.6 Å². The second-order valence-electron chi connectivity index (χ2n) is 6.34. The Kier molecular flexibility index (Phi) is 7.83. The predicted octanol–water partition coefficient (Wildman–Crippen LogP) is 3.48. The number of benzene rings is 1. The molecule has 1 N–H and O–H groups in total.